The molecule has 1 aliphatic rings. The molecule has 16 nitrogen and oxygen atoms in total. The second-order valence-electron chi connectivity index (χ2n) is 13.0. The first kappa shape index (κ1) is 39.6. The molecule has 1 saturated heterocycles. The van der Waals surface area contributed by atoms with Crippen molar-refractivity contribution in [3.05, 3.63) is 77.9 Å². The number of phenolic OH excluding ortho intramolecular Hbond substituents is 1. The highest BCUT2D eigenvalue weighted by Crippen LogP contribution is 2.19. The highest BCUT2D eigenvalue weighted by Gasteiger charge is 2.32. The SMILES string of the molecule is NC(N)=NCCC[C@@H]1NC(=O)[C@@H](Cc2ccc(O)cc2)CC(=O)CNC(=O)[C@H](Cc2ccc3ccccc3c2)NC(=O)[C@H](CCCN=C(N)N)NC1=O. The van der Waals surface area contributed by atoms with E-state index in [4.69, 9.17) is 22.9 Å². The van der Waals surface area contributed by atoms with Crippen LogP contribution in [0.3, 0.4) is 0 Å². The highest BCUT2D eigenvalue weighted by molar-refractivity contribution is 5.97. The number of ketones is 1. The molecule has 0 aliphatic carbocycles. The zero-order valence-electron chi connectivity index (χ0n) is 29.4. The van der Waals surface area contributed by atoms with Gasteiger partial charge in [0.05, 0.1) is 6.54 Å². The van der Waals surface area contributed by atoms with Crippen molar-refractivity contribution in [3.63, 3.8) is 0 Å². The van der Waals surface area contributed by atoms with Crippen LogP contribution in [0.4, 0.5) is 0 Å². The molecule has 0 spiro atoms. The molecule has 0 aromatic heterocycles. The Kier molecular flexibility index (Phi) is 14.5. The molecule has 13 N–H and O–H groups in total. The Morgan fingerprint density at radius 2 is 1.19 bits per heavy atom. The van der Waals surface area contributed by atoms with Crippen LogP contribution in [0, 0.1) is 5.92 Å². The predicted molar refractivity (Wildman–Crippen MR) is 201 cm³/mol. The second kappa shape index (κ2) is 19.4. The van der Waals surface area contributed by atoms with Crippen molar-refractivity contribution in [2.45, 2.75) is 63.1 Å². The Bertz CT molecular complexity index is 1820. The maximum Gasteiger partial charge on any atom is 0.243 e. The van der Waals surface area contributed by atoms with Crippen LogP contribution in [0.5, 0.6) is 5.75 Å². The monoisotopic (exact) mass is 728 g/mol. The van der Waals surface area contributed by atoms with Crippen LogP contribution in [0.1, 0.15) is 43.2 Å². The molecule has 0 radical (unpaired) electrons. The second-order valence-corrected chi connectivity index (χ2v) is 13.0. The van der Waals surface area contributed by atoms with E-state index in [0.717, 1.165) is 16.3 Å². The first-order chi connectivity index (χ1) is 25.4. The summed E-state index contributed by atoms with van der Waals surface area (Å²) in [6.07, 6.45) is 0.712. The van der Waals surface area contributed by atoms with E-state index < -0.39 is 60.0 Å². The van der Waals surface area contributed by atoms with Crippen LogP contribution >= 0.6 is 0 Å². The van der Waals surface area contributed by atoms with Gasteiger partial charge in [-0.25, -0.2) is 0 Å². The van der Waals surface area contributed by atoms with E-state index >= 15 is 0 Å². The summed E-state index contributed by atoms with van der Waals surface area (Å²) >= 11 is 0. The van der Waals surface area contributed by atoms with Crippen LogP contribution in [0.25, 0.3) is 10.8 Å². The third kappa shape index (κ3) is 12.8. The molecule has 1 aliphatic heterocycles. The largest absolute Gasteiger partial charge is 0.508 e. The van der Waals surface area contributed by atoms with Gasteiger partial charge in [-0.3, -0.25) is 34.0 Å². The molecular weight excluding hydrogens is 680 g/mol. The Hall–Kier alpha value is -6.19. The molecule has 4 atom stereocenters. The van der Waals surface area contributed by atoms with Gasteiger partial charge in [-0.05, 0) is 66.1 Å². The molecule has 16 heteroatoms. The molecule has 0 unspecified atom stereocenters. The lowest BCUT2D eigenvalue weighted by Gasteiger charge is -2.26. The molecule has 0 bridgehead atoms. The number of guanidine groups is 2. The summed E-state index contributed by atoms with van der Waals surface area (Å²) < 4.78 is 0. The third-order valence-corrected chi connectivity index (χ3v) is 8.77. The molecule has 0 saturated carbocycles. The number of nitrogens with zero attached hydrogens (tertiary/aromatic N) is 2. The Morgan fingerprint density at radius 1 is 0.642 bits per heavy atom. The van der Waals surface area contributed by atoms with Crippen LogP contribution in [0.2, 0.25) is 0 Å². The van der Waals surface area contributed by atoms with Gasteiger partial charge in [0.1, 0.15) is 23.9 Å². The minimum Gasteiger partial charge on any atom is -0.508 e. The maximum absolute atomic E-state index is 13.9. The fourth-order valence-corrected chi connectivity index (χ4v) is 6.02. The van der Waals surface area contributed by atoms with Gasteiger partial charge in [0.25, 0.3) is 0 Å². The van der Waals surface area contributed by atoms with Gasteiger partial charge in [-0.15, -0.1) is 0 Å². The average Bonchev–Trinajstić information content (AvgIpc) is 3.12. The summed E-state index contributed by atoms with van der Waals surface area (Å²) in [6.45, 7) is -0.0594. The van der Waals surface area contributed by atoms with Gasteiger partial charge in [0.2, 0.25) is 23.6 Å². The minimum absolute atomic E-state index is 0.0332. The van der Waals surface area contributed by atoms with Crippen LogP contribution in [-0.4, -0.2) is 84.2 Å². The number of nitrogens with two attached hydrogens (primary N) is 4. The van der Waals surface area contributed by atoms with E-state index in [1.54, 1.807) is 12.1 Å². The quantitative estimate of drug-likeness (QED) is 0.0661. The zero-order chi connectivity index (χ0) is 38.3. The summed E-state index contributed by atoms with van der Waals surface area (Å²) in [5.41, 5.74) is 23.3. The van der Waals surface area contributed by atoms with E-state index in [-0.39, 0.29) is 62.9 Å². The van der Waals surface area contributed by atoms with E-state index in [1.165, 1.54) is 12.1 Å². The lowest BCUT2D eigenvalue weighted by molar-refractivity contribution is -0.134. The van der Waals surface area contributed by atoms with Crippen molar-refractivity contribution < 1.29 is 29.1 Å². The number of aliphatic imine (C=N–C) groups is 2. The summed E-state index contributed by atoms with van der Waals surface area (Å²) in [4.78, 5) is 76.6. The predicted octanol–water partition coefficient (Wildman–Crippen LogP) is -0.403. The molecule has 3 aromatic carbocycles. The number of hydrogen-bond acceptors (Lipinski definition) is 8. The van der Waals surface area contributed by atoms with E-state index in [9.17, 15) is 29.1 Å². The number of benzene rings is 3. The smallest absolute Gasteiger partial charge is 0.243 e. The van der Waals surface area contributed by atoms with Gasteiger partial charge in [-0.1, -0.05) is 54.6 Å². The van der Waals surface area contributed by atoms with Gasteiger partial charge in [-0.2, -0.15) is 0 Å². The number of phenols is 1. The van der Waals surface area contributed by atoms with E-state index in [1.807, 2.05) is 42.5 Å². The van der Waals surface area contributed by atoms with E-state index in [0.29, 0.717) is 18.4 Å². The van der Waals surface area contributed by atoms with Gasteiger partial charge < -0.3 is 49.3 Å². The molecule has 282 valence electrons. The first-order valence-electron chi connectivity index (χ1n) is 17.4. The number of amides is 4. The van der Waals surface area contributed by atoms with Crippen molar-refractivity contribution >= 4 is 52.1 Å². The van der Waals surface area contributed by atoms with Gasteiger partial charge in [0.15, 0.2) is 17.7 Å². The maximum atomic E-state index is 13.9. The fraction of sp³-hybridized carbons (Fsp3) is 0.378. The van der Waals surface area contributed by atoms with Crippen LogP contribution in [0.15, 0.2) is 76.7 Å². The number of fused-ring (bicyclic) bond motifs is 1. The number of carbonyl (C=O) groups excluding carboxylic acids is 5. The molecule has 3 aromatic rings. The van der Waals surface area contributed by atoms with Crippen molar-refractivity contribution in [3.8, 4) is 5.75 Å². The lowest BCUT2D eigenvalue weighted by Crippen LogP contribution is -2.57. The highest BCUT2D eigenvalue weighted by atomic mass is 16.3. The van der Waals surface area contributed by atoms with Crippen LogP contribution in [-0.2, 0) is 36.8 Å². The standard InChI is InChI=1S/C37H48N10O6/c38-36(39)42-15-3-7-29-34(52)46-30(8-4-16-43-37(40)41)35(53)47-31(19-23-9-12-24-5-1-2-6-25(24)18-23)33(51)44-21-28(49)20-26(32(50)45-29)17-22-10-13-27(48)14-11-22/h1-2,5-6,9-14,18,26,29-31,48H,3-4,7-8,15-17,19-21H2,(H,44,51)(H,45,50)(H,46,52)(H,47,53)(H4,38,39,42)(H4,40,41,43)/t26-,29-,30-,31-/m0/s1. The molecule has 4 amide bonds. The van der Waals surface area contributed by atoms with Crippen molar-refractivity contribution in [1.29, 1.82) is 0 Å². The number of carbonyl (C=O) groups is 5. The zero-order valence-corrected chi connectivity index (χ0v) is 29.4. The number of nitrogens with one attached hydrogen (secondary N) is 4. The fourth-order valence-electron chi connectivity index (χ4n) is 6.02. The topological polar surface area (TPSA) is 282 Å². The average molecular weight is 729 g/mol. The number of hydrogen-bond donors (Lipinski definition) is 9. The Labute approximate surface area is 307 Å². The Balaban J connectivity index is 1.68. The molecular formula is C37H48N10O6. The summed E-state index contributed by atoms with van der Waals surface area (Å²) in [5, 5.41) is 22.7. The van der Waals surface area contributed by atoms with E-state index in [2.05, 4.69) is 31.3 Å². The lowest BCUT2D eigenvalue weighted by atomic mass is 9.92. The summed E-state index contributed by atoms with van der Waals surface area (Å²) in [6, 6.07) is 16.2. The molecule has 1 heterocycles. The molecule has 53 heavy (non-hydrogen) atoms. The van der Waals surface area contributed by atoms with Crippen LogP contribution < -0.4 is 44.2 Å². The van der Waals surface area contributed by atoms with Gasteiger partial charge >= 0.3 is 0 Å². The summed E-state index contributed by atoms with van der Waals surface area (Å²) in [5.74, 6) is -4.12. The van der Waals surface area contributed by atoms with Gasteiger partial charge in [0, 0.05) is 31.8 Å². The Morgan fingerprint density at radius 3 is 1.79 bits per heavy atom. The first-order valence-corrected chi connectivity index (χ1v) is 17.4. The summed E-state index contributed by atoms with van der Waals surface area (Å²) in [7, 11) is 0. The normalized spacial score (nSPS) is 20.2. The number of rotatable bonds is 12. The number of Topliss-reactive ketones (excluding diaryl/α,β-unsaturated/α-hetero) is 1. The molecule has 1 fully saturated rings. The van der Waals surface area contributed by atoms with Crippen molar-refractivity contribution in [2.24, 2.45) is 38.8 Å². The third-order valence-electron chi connectivity index (χ3n) is 8.77. The number of aromatic hydroxyl groups is 1. The van der Waals surface area contributed by atoms with Crippen molar-refractivity contribution in [2.75, 3.05) is 19.6 Å². The minimum atomic E-state index is -1.15. The van der Waals surface area contributed by atoms with Crippen molar-refractivity contribution in [1.82, 2.24) is 21.3 Å². The molecule has 4 rings (SSSR count).